The number of hydrogen-bond donors (Lipinski definition) is 3. The van der Waals surface area contributed by atoms with E-state index in [1.165, 1.54) is 0 Å². The van der Waals surface area contributed by atoms with Crippen molar-refractivity contribution in [2.24, 2.45) is 10.9 Å². The van der Waals surface area contributed by atoms with Crippen LogP contribution in [0, 0.1) is 0 Å². The highest BCUT2D eigenvalue weighted by Gasteiger charge is 2.11. The van der Waals surface area contributed by atoms with Crippen LogP contribution >= 0.6 is 0 Å². The van der Waals surface area contributed by atoms with Crippen molar-refractivity contribution in [1.82, 2.24) is 5.32 Å². The number of amides is 1. The van der Waals surface area contributed by atoms with Gasteiger partial charge in [-0.1, -0.05) is 5.16 Å². The number of carbonyl (C=O) groups is 1. The van der Waals surface area contributed by atoms with Crippen molar-refractivity contribution in [1.29, 1.82) is 0 Å². The molecule has 0 bridgehead atoms. The van der Waals surface area contributed by atoms with Gasteiger partial charge in [-0.2, -0.15) is 0 Å². The van der Waals surface area contributed by atoms with Crippen LogP contribution in [-0.2, 0) is 9.53 Å². The van der Waals surface area contributed by atoms with E-state index in [9.17, 15) is 4.79 Å². The molecule has 0 aliphatic heterocycles. The number of carbonyl (C=O) groups excluding carboxylic acids is 1. The molecule has 0 spiro atoms. The fourth-order valence-corrected chi connectivity index (χ4v) is 0.686. The first-order chi connectivity index (χ1) is 6.47. The molecule has 0 aliphatic carbocycles. The average Bonchev–Trinajstić information content (AvgIpc) is 2.13. The fourth-order valence-electron chi connectivity index (χ4n) is 0.686. The second-order valence-electron chi connectivity index (χ2n) is 3.17. The zero-order valence-electron chi connectivity index (χ0n) is 8.65. The normalized spacial score (nSPS) is 14.1. The Bertz CT molecular complexity index is 216. The molecule has 0 fully saturated rings. The molecular weight excluding hydrogens is 186 g/mol. The molecule has 0 aromatic carbocycles. The summed E-state index contributed by atoms with van der Waals surface area (Å²) in [6.07, 6.45) is -0.0000815. The third-order valence-corrected chi connectivity index (χ3v) is 1.48. The van der Waals surface area contributed by atoms with E-state index in [0.29, 0.717) is 0 Å². The van der Waals surface area contributed by atoms with Gasteiger partial charge in [0.2, 0.25) is 5.91 Å². The van der Waals surface area contributed by atoms with E-state index in [4.69, 9.17) is 15.7 Å². The van der Waals surface area contributed by atoms with Gasteiger partial charge in [-0.3, -0.25) is 4.79 Å². The third kappa shape index (κ3) is 5.36. The number of nitrogens with one attached hydrogen (secondary N) is 1. The molecule has 4 N–H and O–H groups in total. The van der Waals surface area contributed by atoms with Crippen molar-refractivity contribution in [2.45, 2.75) is 32.9 Å². The second kappa shape index (κ2) is 6.20. The lowest BCUT2D eigenvalue weighted by molar-refractivity contribution is -0.127. The summed E-state index contributed by atoms with van der Waals surface area (Å²) in [4.78, 5) is 11.1. The van der Waals surface area contributed by atoms with E-state index in [-0.39, 0.29) is 24.5 Å². The van der Waals surface area contributed by atoms with Crippen molar-refractivity contribution in [3.63, 3.8) is 0 Å². The first-order valence-electron chi connectivity index (χ1n) is 4.35. The maximum absolute atomic E-state index is 11.1. The van der Waals surface area contributed by atoms with E-state index >= 15 is 0 Å². The Kier molecular flexibility index (Phi) is 5.62. The van der Waals surface area contributed by atoms with Crippen LogP contribution in [0.25, 0.3) is 0 Å². The summed E-state index contributed by atoms with van der Waals surface area (Å²) in [5.41, 5.74) is 5.27. The van der Waals surface area contributed by atoms with E-state index in [1.54, 1.807) is 6.92 Å². The van der Waals surface area contributed by atoms with Crippen molar-refractivity contribution >= 4 is 11.7 Å². The molecule has 0 aromatic heterocycles. The predicted molar refractivity (Wildman–Crippen MR) is 52.1 cm³/mol. The second-order valence-corrected chi connectivity index (χ2v) is 3.17. The van der Waals surface area contributed by atoms with E-state index in [1.807, 2.05) is 13.8 Å². The minimum atomic E-state index is -0.497. The summed E-state index contributed by atoms with van der Waals surface area (Å²) < 4.78 is 5.06. The number of nitrogens with zero attached hydrogens (tertiary/aromatic N) is 1. The van der Waals surface area contributed by atoms with Gasteiger partial charge in [-0.15, -0.1) is 0 Å². The smallest absolute Gasteiger partial charge is 0.246 e. The Balaban J connectivity index is 3.83. The molecular formula is C8H17N3O3. The molecule has 0 radical (unpaired) electrons. The van der Waals surface area contributed by atoms with Crippen molar-refractivity contribution in [2.75, 3.05) is 6.61 Å². The maximum Gasteiger partial charge on any atom is 0.246 e. The molecule has 1 unspecified atom stereocenters. The van der Waals surface area contributed by atoms with Gasteiger partial charge >= 0.3 is 0 Å². The van der Waals surface area contributed by atoms with Crippen molar-refractivity contribution < 1.29 is 14.7 Å². The molecule has 6 nitrogen and oxygen atoms in total. The van der Waals surface area contributed by atoms with Gasteiger partial charge in [-0.25, -0.2) is 0 Å². The van der Waals surface area contributed by atoms with E-state index in [0.717, 1.165) is 0 Å². The minimum Gasteiger partial charge on any atom is -0.409 e. The Morgan fingerprint density at radius 3 is 2.57 bits per heavy atom. The standard InChI is InChI=1S/C8H17N3O3/c1-5(2)14-4-7(12)10-6(3)8(9)11-13/h5-6,13H,4H2,1-3H3,(H2,9,11)(H,10,12). The highest BCUT2D eigenvalue weighted by atomic mass is 16.5. The summed E-state index contributed by atoms with van der Waals surface area (Å²) in [5, 5.41) is 13.6. The first-order valence-corrected chi connectivity index (χ1v) is 4.35. The van der Waals surface area contributed by atoms with E-state index in [2.05, 4.69) is 10.5 Å². The van der Waals surface area contributed by atoms with Gasteiger partial charge in [-0.05, 0) is 20.8 Å². The topological polar surface area (TPSA) is 96.9 Å². The summed E-state index contributed by atoms with van der Waals surface area (Å²) in [7, 11) is 0. The number of amidine groups is 1. The lowest BCUT2D eigenvalue weighted by atomic mass is 10.3. The number of hydrogen-bond acceptors (Lipinski definition) is 4. The molecule has 0 saturated carbocycles. The molecule has 0 aromatic rings. The van der Waals surface area contributed by atoms with Gasteiger partial charge in [0.05, 0.1) is 12.1 Å². The number of oxime groups is 1. The van der Waals surface area contributed by atoms with Crippen LogP contribution in [0.4, 0.5) is 0 Å². The van der Waals surface area contributed by atoms with Gasteiger partial charge in [0.15, 0.2) is 5.84 Å². The van der Waals surface area contributed by atoms with Gasteiger partial charge in [0, 0.05) is 0 Å². The zero-order valence-corrected chi connectivity index (χ0v) is 8.65. The van der Waals surface area contributed by atoms with E-state index < -0.39 is 6.04 Å². The lowest BCUT2D eigenvalue weighted by Crippen LogP contribution is -2.44. The van der Waals surface area contributed by atoms with Crippen molar-refractivity contribution in [3.05, 3.63) is 0 Å². The van der Waals surface area contributed by atoms with Crippen LogP contribution < -0.4 is 11.1 Å². The maximum atomic E-state index is 11.1. The largest absolute Gasteiger partial charge is 0.409 e. The summed E-state index contributed by atoms with van der Waals surface area (Å²) in [6, 6.07) is -0.497. The van der Waals surface area contributed by atoms with Crippen molar-refractivity contribution in [3.8, 4) is 0 Å². The molecule has 0 saturated heterocycles. The van der Waals surface area contributed by atoms with Crippen LogP contribution in [-0.4, -0.2) is 35.7 Å². The highest BCUT2D eigenvalue weighted by molar-refractivity contribution is 5.89. The van der Waals surface area contributed by atoms with Gasteiger partial charge in [0.1, 0.15) is 6.61 Å². The molecule has 0 heterocycles. The highest BCUT2D eigenvalue weighted by Crippen LogP contribution is 1.88. The Morgan fingerprint density at radius 1 is 1.57 bits per heavy atom. The van der Waals surface area contributed by atoms with Gasteiger partial charge < -0.3 is 21.0 Å². The van der Waals surface area contributed by atoms with Gasteiger partial charge in [0.25, 0.3) is 0 Å². The van der Waals surface area contributed by atoms with Crippen LogP contribution in [0.1, 0.15) is 20.8 Å². The van der Waals surface area contributed by atoms with Crippen LogP contribution in [0.5, 0.6) is 0 Å². The Labute approximate surface area is 83.1 Å². The van der Waals surface area contributed by atoms with Crippen LogP contribution in [0.3, 0.4) is 0 Å². The molecule has 82 valence electrons. The number of ether oxygens (including phenoxy) is 1. The lowest BCUT2D eigenvalue weighted by Gasteiger charge is -2.13. The summed E-state index contributed by atoms with van der Waals surface area (Å²) in [6.45, 7) is 5.25. The molecule has 1 atom stereocenters. The SMILES string of the molecule is CC(C)OCC(=O)NC(C)C(N)=NO. The zero-order chi connectivity index (χ0) is 11.1. The number of rotatable bonds is 5. The molecule has 1 amide bonds. The molecule has 0 rings (SSSR count). The Hall–Kier alpha value is -1.30. The fraction of sp³-hybridized carbons (Fsp3) is 0.750. The number of nitrogens with two attached hydrogens (primary N) is 1. The first kappa shape index (κ1) is 12.7. The summed E-state index contributed by atoms with van der Waals surface area (Å²) >= 11 is 0. The van der Waals surface area contributed by atoms with Crippen LogP contribution in [0.2, 0.25) is 0 Å². The van der Waals surface area contributed by atoms with Crippen LogP contribution in [0.15, 0.2) is 5.16 Å². The minimum absolute atomic E-state index is 0.0000815. The monoisotopic (exact) mass is 203 g/mol. The molecule has 14 heavy (non-hydrogen) atoms. The predicted octanol–water partition coefficient (Wildman–Crippen LogP) is -0.337. The Morgan fingerprint density at radius 2 is 2.14 bits per heavy atom. The quantitative estimate of drug-likeness (QED) is 0.246. The molecule has 0 aliphatic rings. The average molecular weight is 203 g/mol. The molecule has 6 heteroatoms. The third-order valence-electron chi connectivity index (χ3n) is 1.48. The summed E-state index contributed by atoms with van der Waals surface area (Å²) in [5.74, 6) is -0.333.